The van der Waals surface area contributed by atoms with E-state index in [1.807, 2.05) is 0 Å². The van der Waals surface area contributed by atoms with Crippen molar-refractivity contribution in [1.82, 2.24) is 0 Å². The van der Waals surface area contributed by atoms with E-state index in [0.29, 0.717) is 67.0 Å². The average molecular weight is 501 g/mol. The van der Waals surface area contributed by atoms with Gasteiger partial charge in [-0.15, -0.1) is 0 Å². The van der Waals surface area contributed by atoms with Gasteiger partial charge in [-0.25, -0.2) is 0 Å². The summed E-state index contributed by atoms with van der Waals surface area (Å²) in [5, 5.41) is 0. The molecule has 0 aromatic carbocycles. The summed E-state index contributed by atoms with van der Waals surface area (Å²) in [7, 11) is 0. The van der Waals surface area contributed by atoms with Crippen LogP contribution in [0.3, 0.4) is 0 Å². The quantitative estimate of drug-likeness (QED) is 0.310. The summed E-state index contributed by atoms with van der Waals surface area (Å²) in [5.74, 6) is 5.98. The van der Waals surface area contributed by atoms with Crippen molar-refractivity contribution in [2.45, 2.75) is 138 Å². The lowest BCUT2D eigenvalue weighted by molar-refractivity contribution is -0.355. The third kappa shape index (κ3) is 4.02. The molecule has 0 radical (unpaired) electrons. The van der Waals surface area contributed by atoms with Crippen molar-refractivity contribution in [2.75, 3.05) is 0 Å². The molecule has 3 aliphatic carbocycles. The van der Waals surface area contributed by atoms with Crippen LogP contribution in [0.4, 0.5) is 0 Å². The lowest BCUT2D eigenvalue weighted by Crippen LogP contribution is -2.78. The molecule has 0 nitrogen and oxygen atoms in total. The van der Waals surface area contributed by atoms with Crippen molar-refractivity contribution < 1.29 is 0 Å². The van der Waals surface area contributed by atoms with Crippen molar-refractivity contribution in [3.8, 4) is 0 Å². The van der Waals surface area contributed by atoms with Crippen molar-refractivity contribution >= 4 is 0 Å². The van der Waals surface area contributed by atoms with Crippen LogP contribution in [0.5, 0.6) is 0 Å². The van der Waals surface area contributed by atoms with Crippen LogP contribution in [0.1, 0.15) is 138 Å². The number of fused-ring (bicyclic) bond motifs is 4. The maximum absolute atomic E-state index is 2.70. The van der Waals surface area contributed by atoms with E-state index in [-0.39, 0.29) is 0 Å². The van der Waals surface area contributed by atoms with Crippen LogP contribution in [-0.4, -0.2) is 0 Å². The maximum atomic E-state index is 2.70. The van der Waals surface area contributed by atoms with Gasteiger partial charge < -0.3 is 0 Å². The normalized spacial score (nSPS) is 41.7. The minimum Gasteiger partial charge on any atom is -0.0599 e. The lowest BCUT2D eigenvalue weighted by atomic mass is 9.22. The third-order valence-electron chi connectivity index (χ3n) is 12.6. The zero-order chi connectivity index (χ0) is 28.6. The topological polar surface area (TPSA) is 0 Å². The Morgan fingerprint density at radius 1 is 0.278 bits per heavy atom. The summed E-state index contributed by atoms with van der Waals surface area (Å²) in [4.78, 5) is 0. The first-order valence-corrected chi connectivity index (χ1v) is 15.5. The van der Waals surface area contributed by atoms with E-state index in [0.717, 1.165) is 23.7 Å². The molecule has 3 rings (SSSR count). The number of hydrogen-bond acceptors (Lipinski definition) is 0. The summed E-state index contributed by atoms with van der Waals surface area (Å²) < 4.78 is 0. The fourth-order valence-corrected chi connectivity index (χ4v) is 13.5. The summed E-state index contributed by atoms with van der Waals surface area (Å²) in [6.07, 6.45) is 0. The molecule has 212 valence electrons. The smallest absolute Gasteiger partial charge is 0.0272 e. The second-order valence-corrected chi connectivity index (χ2v) is 20.8. The maximum Gasteiger partial charge on any atom is -0.0272 e. The van der Waals surface area contributed by atoms with Gasteiger partial charge in [0.1, 0.15) is 0 Å². The highest BCUT2D eigenvalue weighted by atomic mass is 14.8. The lowest BCUT2D eigenvalue weighted by Gasteiger charge is -2.83. The van der Waals surface area contributed by atoms with Gasteiger partial charge in [-0.2, -0.15) is 0 Å². The molecule has 0 N–H and O–H groups in total. The van der Waals surface area contributed by atoms with Crippen LogP contribution < -0.4 is 0 Å². The van der Waals surface area contributed by atoms with Gasteiger partial charge in [0.15, 0.2) is 0 Å². The molecule has 0 heteroatoms. The zero-order valence-corrected chi connectivity index (χ0v) is 28.6. The van der Waals surface area contributed by atoms with E-state index < -0.39 is 0 Å². The van der Waals surface area contributed by atoms with E-state index in [1.165, 1.54) is 0 Å². The van der Waals surface area contributed by atoms with Gasteiger partial charge in [-0.3, -0.25) is 0 Å². The average Bonchev–Trinajstić information content (AvgIpc) is 2.47. The first-order chi connectivity index (χ1) is 15.5. The molecule has 4 unspecified atom stereocenters. The third-order valence-corrected chi connectivity index (χ3v) is 12.6. The Balaban J connectivity index is 2.36. The highest BCUT2D eigenvalue weighted by Crippen LogP contribution is 2.83. The summed E-state index contributed by atoms with van der Waals surface area (Å²) >= 11 is 0. The van der Waals surface area contributed by atoms with Crippen molar-refractivity contribution in [2.24, 2.45) is 90.7 Å². The van der Waals surface area contributed by atoms with Gasteiger partial charge in [0, 0.05) is 0 Å². The van der Waals surface area contributed by atoms with Gasteiger partial charge in [0.2, 0.25) is 0 Å². The van der Waals surface area contributed by atoms with Gasteiger partial charge >= 0.3 is 0 Å². The van der Waals surface area contributed by atoms with E-state index in [9.17, 15) is 0 Å². The second kappa shape index (κ2) is 7.80. The molecule has 3 fully saturated rings. The van der Waals surface area contributed by atoms with E-state index in [4.69, 9.17) is 0 Å². The Hall–Kier alpha value is 0. The standard InChI is InChI=1S/C36H68/c1-29(2,3)25-26(30(4,5)6)34(15,16)22-21(33(25,13)14)23-24(22)36(19,20)28(32(10,11)12)27(31(7,8)9)35(23,17)18/h21-28H,1-20H3. The number of hydrogen-bond donors (Lipinski definition) is 0. The van der Waals surface area contributed by atoms with E-state index >= 15 is 0 Å². The molecule has 36 heavy (non-hydrogen) atoms. The van der Waals surface area contributed by atoms with Crippen LogP contribution in [0, 0.1) is 90.7 Å². The SMILES string of the molecule is CC(C)(C)C1C(C(C)(C)C)C(C)(C)C2C(C3C2C(C)(C)C(C(C)(C)C)C(C(C)(C)C)C3(C)C)C1(C)C. The van der Waals surface area contributed by atoms with Gasteiger partial charge in [0.05, 0.1) is 0 Å². The first-order valence-electron chi connectivity index (χ1n) is 15.5. The molecular weight excluding hydrogens is 432 g/mol. The van der Waals surface area contributed by atoms with E-state index in [1.54, 1.807) is 0 Å². The molecule has 0 amide bonds. The summed E-state index contributed by atoms with van der Waals surface area (Å²) in [5.41, 5.74) is 2.45. The predicted octanol–water partition coefficient (Wildman–Crippen LogP) is 11.2. The molecule has 4 atom stereocenters. The molecule has 0 saturated heterocycles. The molecule has 0 bridgehead atoms. The molecule has 0 aliphatic heterocycles. The van der Waals surface area contributed by atoms with Crippen molar-refractivity contribution in [3.63, 3.8) is 0 Å². The van der Waals surface area contributed by atoms with Crippen LogP contribution in [-0.2, 0) is 0 Å². The van der Waals surface area contributed by atoms with Gasteiger partial charge in [-0.1, -0.05) is 138 Å². The summed E-state index contributed by atoms with van der Waals surface area (Å²) in [6.45, 7) is 52.2. The van der Waals surface area contributed by atoms with Crippen LogP contribution >= 0.6 is 0 Å². The minimum atomic E-state index is 0.292. The Morgan fingerprint density at radius 2 is 0.389 bits per heavy atom. The van der Waals surface area contributed by atoms with E-state index in [2.05, 4.69) is 138 Å². The van der Waals surface area contributed by atoms with Crippen molar-refractivity contribution in [1.29, 1.82) is 0 Å². The second-order valence-electron chi connectivity index (χ2n) is 20.8. The number of rotatable bonds is 0. The highest BCUT2D eigenvalue weighted by molar-refractivity contribution is 5.26. The fourth-order valence-electron chi connectivity index (χ4n) is 13.5. The molecule has 3 saturated carbocycles. The Kier molecular flexibility index (Phi) is 6.62. The molecule has 0 heterocycles. The largest absolute Gasteiger partial charge is 0.0599 e. The van der Waals surface area contributed by atoms with Crippen LogP contribution in [0.15, 0.2) is 0 Å². The van der Waals surface area contributed by atoms with Crippen molar-refractivity contribution in [3.05, 3.63) is 0 Å². The summed E-state index contributed by atoms with van der Waals surface area (Å²) in [6, 6.07) is 0. The minimum absolute atomic E-state index is 0.292. The van der Waals surface area contributed by atoms with Crippen LogP contribution in [0.2, 0.25) is 0 Å². The van der Waals surface area contributed by atoms with Gasteiger partial charge in [-0.05, 0) is 90.7 Å². The van der Waals surface area contributed by atoms with Gasteiger partial charge in [0.25, 0.3) is 0 Å². The van der Waals surface area contributed by atoms with Crippen LogP contribution in [0.25, 0.3) is 0 Å². The predicted molar refractivity (Wildman–Crippen MR) is 161 cm³/mol. The monoisotopic (exact) mass is 501 g/mol. The molecular formula is C36H68. The fraction of sp³-hybridized carbons (Fsp3) is 1.00. The molecule has 0 spiro atoms. The molecule has 0 aromatic rings. The first kappa shape index (κ1) is 30.5. The highest BCUT2D eigenvalue weighted by Gasteiger charge is 2.78. The Bertz CT molecular complexity index is 682. The Labute approximate surface area is 228 Å². The Morgan fingerprint density at radius 3 is 0.472 bits per heavy atom. The molecule has 0 aromatic heterocycles. The zero-order valence-electron chi connectivity index (χ0n) is 28.6. The molecule has 3 aliphatic rings.